The van der Waals surface area contributed by atoms with Crippen molar-refractivity contribution in [1.29, 1.82) is 0 Å². The van der Waals surface area contributed by atoms with Crippen molar-refractivity contribution < 1.29 is 28.6 Å². The molecule has 0 aliphatic rings. The summed E-state index contributed by atoms with van der Waals surface area (Å²) in [5.74, 6) is -1.14. The molecular weight excluding hydrogens is 781 g/mol. The summed E-state index contributed by atoms with van der Waals surface area (Å²) in [7, 11) is 0. The van der Waals surface area contributed by atoms with Gasteiger partial charge in [0.15, 0.2) is 6.10 Å². The van der Waals surface area contributed by atoms with Gasteiger partial charge in [-0.2, -0.15) is 0 Å². The minimum Gasteiger partial charge on any atom is -0.462 e. The Morgan fingerprint density at radius 1 is 0.333 bits per heavy atom. The molecule has 63 heavy (non-hydrogen) atoms. The van der Waals surface area contributed by atoms with E-state index >= 15 is 0 Å². The molecule has 1 unspecified atom stereocenters. The molecule has 0 aromatic carbocycles. The lowest BCUT2D eigenvalue weighted by molar-refractivity contribution is -0.166. The molecule has 0 aliphatic heterocycles. The van der Waals surface area contributed by atoms with E-state index in [2.05, 4.69) is 142 Å². The van der Waals surface area contributed by atoms with Crippen LogP contribution in [0.15, 0.2) is 146 Å². The van der Waals surface area contributed by atoms with Gasteiger partial charge in [0.1, 0.15) is 13.2 Å². The van der Waals surface area contributed by atoms with Crippen LogP contribution in [-0.2, 0) is 28.6 Å². The minimum absolute atomic E-state index is 0.144. The zero-order valence-corrected chi connectivity index (χ0v) is 39.8. The van der Waals surface area contributed by atoms with Gasteiger partial charge in [-0.15, -0.1) is 0 Å². The van der Waals surface area contributed by atoms with Gasteiger partial charge in [0.2, 0.25) is 0 Å². The standard InChI is InChI=1S/C57H86O6/c1-4-7-10-13-16-19-22-25-26-27-28-29-30-33-35-38-41-44-47-50-56(59)62-53-54(63-57(60)51-48-45-42-39-36-32-24-21-18-15-12-9-6-3)52-61-55(58)49-46-43-40-37-34-31-23-20-17-14-11-8-5-2/h7,9-12,14,16,18-21,23,25-26,28-29,32-33,35-36,41-42,44-45,54H,4-6,8,13,15,17,22,24,27,30-31,34,37-40,43,46-53H2,1-3H3/b10-7-,12-9-,14-11-,19-16-,21-18-,23-20-,26-25-,29-28-,35-33-,36-32-,44-41-,45-42-. The van der Waals surface area contributed by atoms with Crippen LogP contribution in [0.4, 0.5) is 0 Å². The second-order valence-electron chi connectivity index (χ2n) is 15.2. The van der Waals surface area contributed by atoms with Crippen LogP contribution in [0.1, 0.15) is 175 Å². The van der Waals surface area contributed by atoms with E-state index in [4.69, 9.17) is 14.2 Å². The van der Waals surface area contributed by atoms with Gasteiger partial charge in [0.05, 0.1) is 0 Å². The number of ether oxygens (including phenoxy) is 3. The van der Waals surface area contributed by atoms with Crippen LogP contribution in [0, 0.1) is 0 Å². The SMILES string of the molecule is CC/C=C\C/C=C\C/C=C\C/C=C\C/C=C\C/C=C\CCC(=O)OCC(COC(=O)CCCCCCC/C=C\C/C=C\CCC)OC(=O)CC/C=C\C/C=C\C/C=C\C/C=C\CC. The Kier molecular flexibility index (Phi) is 46.2. The summed E-state index contributed by atoms with van der Waals surface area (Å²) < 4.78 is 16.6. The van der Waals surface area contributed by atoms with Gasteiger partial charge in [-0.25, -0.2) is 0 Å². The van der Waals surface area contributed by atoms with Crippen LogP contribution in [0.25, 0.3) is 0 Å². The molecule has 0 saturated carbocycles. The van der Waals surface area contributed by atoms with E-state index < -0.39 is 12.1 Å². The first-order valence-corrected chi connectivity index (χ1v) is 24.3. The third-order valence-corrected chi connectivity index (χ3v) is 9.32. The fourth-order valence-electron chi connectivity index (χ4n) is 5.75. The molecule has 0 N–H and O–H groups in total. The maximum atomic E-state index is 12.7. The Morgan fingerprint density at radius 2 is 0.651 bits per heavy atom. The lowest BCUT2D eigenvalue weighted by Crippen LogP contribution is -2.30. The molecule has 0 radical (unpaired) electrons. The molecular formula is C57H86O6. The van der Waals surface area contributed by atoms with Crippen molar-refractivity contribution in [3.63, 3.8) is 0 Å². The van der Waals surface area contributed by atoms with Crippen LogP contribution >= 0.6 is 0 Å². The highest BCUT2D eigenvalue weighted by Gasteiger charge is 2.19. The predicted octanol–water partition coefficient (Wildman–Crippen LogP) is 16.1. The average Bonchev–Trinajstić information content (AvgIpc) is 3.28. The lowest BCUT2D eigenvalue weighted by Gasteiger charge is -2.18. The summed E-state index contributed by atoms with van der Waals surface area (Å²) in [4.78, 5) is 37.8. The van der Waals surface area contributed by atoms with Gasteiger partial charge < -0.3 is 14.2 Å². The van der Waals surface area contributed by atoms with Gasteiger partial charge in [-0.3, -0.25) is 14.4 Å². The monoisotopic (exact) mass is 867 g/mol. The van der Waals surface area contributed by atoms with E-state index in [1.807, 2.05) is 24.3 Å². The highest BCUT2D eigenvalue weighted by Crippen LogP contribution is 2.10. The molecule has 0 heterocycles. The molecule has 6 heteroatoms. The molecule has 0 spiro atoms. The summed E-state index contributed by atoms with van der Waals surface area (Å²) in [6.45, 7) is 6.16. The molecule has 350 valence electrons. The number of rotatable bonds is 41. The number of unbranched alkanes of at least 4 members (excludes halogenated alkanes) is 6. The molecule has 0 aromatic rings. The van der Waals surface area contributed by atoms with Gasteiger partial charge >= 0.3 is 17.9 Å². The Hall–Kier alpha value is -4.71. The normalized spacial score (nSPS) is 13.4. The zero-order chi connectivity index (χ0) is 45.8. The van der Waals surface area contributed by atoms with Crippen molar-refractivity contribution in [3.05, 3.63) is 146 Å². The average molecular weight is 867 g/mol. The Labute approximate surface area is 385 Å². The number of hydrogen-bond acceptors (Lipinski definition) is 6. The van der Waals surface area contributed by atoms with Crippen molar-refractivity contribution in [2.24, 2.45) is 0 Å². The van der Waals surface area contributed by atoms with Crippen molar-refractivity contribution in [2.75, 3.05) is 13.2 Å². The Morgan fingerprint density at radius 3 is 1.06 bits per heavy atom. The topological polar surface area (TPSA) is 78.9 Å². The highest BCUT2D eigenvalue weighted by atomic mass is 16.6. The van der Waals surface area contributed by atoms with Crippen LogP contribution in [0.5, 0.6) is 0 Å². The summed E-state index contributed by atoms with van der Waals surface area (Å²) in [6.07, 6.45) is 71.4. The summed E-state index contributed by atoms with van der Waals surface area (Å²) in [5.41, 5.74) is 0. The molecule has 0 aromatic heterocycles. The second-order valence-corrected chi connectivity index (χ2v) is 15.2. The van der Waals surface area contributed by atoms with Crippen LogP contribution < -0.4 is 0 Å². The molecule has 6 nitrogen and oxygen atoms in total. The van der Waals surface area contributed by atoms with E-state index in [0.717, 1.165) is 116 Å². The molecule has 1 atom stereocenters. The van der Waals surface area contributed by atoms with Crippen molar-refractivity contribution in [1.82, 2.24) is 0 Å². The molecule has 0 fully saturated rings. The lowest BCUT2D eigenvalue weighted by atomic mass is 10.1. The number of hydrogen-bond donors (Lipinski definition) is 0. The zero-order valence-electron chi connectivity index (χ0n) is 39.8. The smallest absolute Gasteiger partial charge is 0.306 e. The van der Waals surface area contributed by atoms with E-state index in [-0.39, 0.29) is 38.0 Å². The first kappa shape index (κ1) is 58.3. The third-order valence-electron chi connectivity index (χ3n) is 9.32. The van der Waals surface area contributed by atoms with Gasteiger partial charge in [0, 0.05) is 19.3 Å². The quantitative estimate of drug-likeness (QED) is 0.0264. The molecule has 0 aliphatic carbocycles. The highest BCUT2D eigenvalue weighted by molar-refractivity contribution is 5.71. The van der Waals surface area contributed by atoms with E-state index in [9.17, 15) is 14.4 Å². The van der Waals surface area contributed by atoms with E-state index in [0.29, 0.717) is 19.3 Å². The maximum absolute atomic E-state index is 12.7. The summed E-state index contributed by atoms with van der Waals surface area (Å²) in [6, 6.07) is 0. The second kappa shape index (κ2) is 49.9. The minimum atomic E-state index is -0.858. The molecule has 0 amide bonds. The largest absolute Gasteiger partial charge is 0.462 e. The van der Waals surface area contributed by atoms with E-state index in [1.54, 1.807) is 0 Å². The maximum Gasteiger partial charge on any atom is 0.306 e. The number of allylic oxidation sites excluding steroid dienone is 24. The summed E-state index contributed by atoms with van der Waals surface area (Å²) in [5, 5.41) is 0. The Balaban J connectivity index is 4.63. The van der Waals surface area contributed by atoms with Gasteiger partial charge in [-0.05, 0) is 109 Å². The summed E-state index contributed by atoms with van der Waals surface area (Å²) >= 11 is 0. The predicted molar refractivity (Wildman–Crippen MR) is 269 cm³/mol. The van der Waals surface area contributed by atoms with Gasteiger partial charge in [-0.1, -0.05) is 192 Å². The van der Waals surface area contributed by atoms with Gasteiger partial charge in [0.25, 0.3) is 0 Å². The molecule has 0 saturated heterocycles. The van der Waals surface area contributed by atoms with Crippen LogP contribution in [-0.4, -0.2) is 37.2 Å². The number of carbonyl (C=O) groups is 3. The first-order valence-electron chi connectivity index (χ1n) is 24.3. The molecule has 0 rings (SSSR count). The van der Waals surface area contributed by atoms with Crippen molar-refractivity contribution in [2.45, 2.75) is 181 Å². The number of esters is 3. The first-order chi connectivity index (χ1) is 31.0. The number of carbonyl (C=O) groups excluding carboxylic acids is 3. The van der Waals surface area contributed by atoms with E-state index in [1.165, 1.54) is 6.42 Å². The van der Waals surface area contributed by atoms with Crippen LogP contribution in [0.2, 0.25) is 0 Å². The van der Waals surface area contributed by atoms with Crippen LogP contribution in [0.3, 0.4) is 0 Å². The fourth-order valence-corrected chi connectivity index (χ4v) is 5.75. The van der Waals surface area contributed by atoms with Crippen molar-refractivity contribution >= 4 is 17.9 Å². The third kappa shape index (κ3) is 48.2. The fraction of sp³-hybridized carbons (Fsp3) is 0.526. The van der Waals surface area contributed by atoms with Crippen molar-refractivity contribution in [3.8, 4) is 0 Å². The molecule has 0 bridgehead atoms. The Bertz CT molecular complexity index is 1460.